The first kappa shape index (κ1) is 15.7. The van der Waals surface area contributed by atoms with E-state index in [-0.39, 0.29) is 24.3 Å². The summed E-state index contributed by atoms with van der Waals surface area (Å²) >= 11 is 1.42. The molecule has 2 N–H and O–H groups in total. The number of hydrogen-bond acceptors (Lipinski definition) is 4. The molecule has 2 amide bonds. The van der Waals surface area contributed by atoms with Crippen molar-refractivity contribution in [3.8, 4) is 0 Å². The number of para-hydroxylation sites is 1. The van der Waals surface area contributed by atoms with E-state index in [0.29, 0.717) is 10.8 Å². The Morgan fingerprint density at radius 3 is 2.83 bits per heavy atom. The van der Waals surface area contributed by atoms with Crippen molar-refractivity contribution < 1.29 is 9.59 Å². The van der Waals surface area contributed by atoms with Gasteiger partial charge in [-0.3, -0.25) is 9.59 Å². The normalized spacial score (nSPS) is 16.9. The number of anilines is 1. The van der Waals surface area contributed by atoms with E-state index >= 15 is 0 Å². The van der Waals surface area contributed by atoms with Gasteiger partial charge < -0.3 is 10.6 Å². The first-order valence-corrected chi connectivity index (χ1v) is 8.44. The summed E-state index contributed by atoms with van der Waals surface area (Å²) in [5.41, 5.74) is 2.44. The lowest BCUT2D eigenvalue weighted by Gasteiger charge is -2.26. The second-order valence-corrected chi connectivity index (χ2v) is 7.02. The fourth-order valence-corrected chi connectivity index (χ4v) is 3.61. The second-order valence-electron chi connectivity index (χ2n) is 5.99. The van der Waals surface area contributed by atoms with E-state index in [9.17, 15) is 9.59 Å². The predicted molar refractivity (Wildman–Crippen MR) is 90.8 cm³/mol. The number of hydrogen-bond donors (Lipinski definition) is 2. The topological polar surface area (TPSA) is 71.1 Å². The molecule has 1 aromatic carbocycles. The van der Waals surface area contributed by atoms with Gasteiger partial charge in [-0.2, -0.15) is 0 Å². The second kappa shape index (κ2) is 6.12. The van der Waals surface area contributed by atoms with E-state index in [1.165, 1.54) is 11.3 Å². The lowest BCUT2D eigenvalue weighted by atomic mass is 9.97. The van der Waals surface area contributed by atoms with Crippen LogP contribution in [0.1, 0.15) is 58.2 Å². The summed E-state index contributed by atoms with van der Waals surface area (Å²) in [6, 6.07) is 7.24. The summed E-state index contributed by atoms with van der Waals surface area (Å²) in [4.78, 5) is 29.5. The molecule has 120 valence electrons. The zero-order valence-electron chi connectivity index (χ0n) is 13.3. The number of thiazole rings is 1. The quantitative estimate of drug-likeness (QED) is 0.907. The Hall–Kier alpha value is -2.21. The largest absolute Gasteiger partial charge is 0.344 e. The van der Waals surface area contributed by atoms with Crippen LogP contribution in [0.4, 0.5) is 5.69 Å². The van der Waals surface area contributed by atoms with Crippen LogP contribution in [0.25, 0.3) is 0 Å². The van der Waals surface area contributed by atoms with E-state index in [1.54, 1.807) is 0 Å². The van der Waals surface area contributed by atoms with Crippen LogP contribution in [0.2, 0.25) is 0 Å². The molecule has 1 aliphatic rings. The first-order valence-electron chi connectivity index (χ1n) is 7.62. The van der Waals surface area contributed by atoms with Crippen LogP contribution in [0.15, 0.2) is 24.3 Å². The van der Waals surface area contributed by atoms with Gasteiger partial charge in [0.15, 0.2) is 0 Å². The van der Waals surface area contributed by atoms with Gasteiger partial charge in [-0.25, -0.2) is 4.98 Å². The van der Waals surface area contributed by atoms with E-state index in [4.69, 9.17) is 0 Å². The van der Waals surface area contributed by atoms with Crippen LogP contribution in [0, 0.1) is 6.92 Å². The standard InChI is InChI=1S/C17H19N3O2S/c1-9(2)17-18-10(3)15(23-17)16(22)20-13-8-14(21)19-12-7-5-4-6-11(12)13/h4-7,9,13H,8H2,1-3H3,(H,19,21)(H,20,22)/t13-/m0/s1. The Balaban J connectivity index is 1.85. The third-order valence-corrected chi connectivity index (χ3v) is 5.28. The highest BCUT2D eigenvalue weighted by atomic mass is 32.1. The molecular weight excluding hydrogens is 310 g/mol. The number of amides is 2. The van der Waals surface area contributed by atoms with Crippen molar-refractivity contribution in [2.24, 2.45) is 0 Å². The van der Waals surface area contributed by atoms with Crippen LogP contribution < -0.4 is 10.6 Å². The lowest BCUT2D eigenvalue weighted by Crippen LogP contribution is -2.35. The SMILES string of the molecule is Cc1nc(C(C)C)sc1C(=O)N[C@H]1CC(=O)Nc2ccccc21. The minimum atomic E-state index is -0.309. The highest BCUT2D eigenvalue weighted by Crippen LogP contribution is 2.31. The summed E-state index contributed by atoms with van der Waals surface area (Å²) in [6.07, 6.45) is 0.248. The van der Waals surface area contributed by atoms with Crippen molar-refractivity contribution in [2.45, 2.75) is 39.2 Å². The Morgan fingerprint density at radius 1 is 1.39 bits per heavy atom. The zero-order chi connectivity index (χ0) is 16.6. The monoisotopic (exact) mass is 329 g/mol. The van der Waals surface area contributed by atoms with E-state index in [1.807, 2.05) is 31.2 Å². The molecule has 0 saturated heterocycles. The van der Waals surface area contributed by atoms with Crippen molar-refractivity contribution in [3.05, 3.63) is 45.4 Å². The molecule has 1 aliphatic heterocycles. The Bertz CT molecular complexity index is 767. The van der Waals surface area contributed by atoms with Crippen molar-refractivity contribution in [1.82, 2.24) is 10.3 Å². The average Bonchev–Trinajstić information content (AvgIpc) is 2.89. The molecule has 0 saturated carbocycles. The third-order valence-electron chi connectivity index (χ3n) is 3.82. The maximum Gasteiger partial charge on any atom is 0.263 e. The highest BCUT2D eigenvalue weighted by Gasteiger charge is 2.27. The number of benzene rings is 1. The summed E-state index contributed by atoms with van der Waals surface area (Å²) in [5, 5.41) is 6.77. The number of nitrogens with one attached hydrogen (secondary N) is 2. The highest BCUT2D eigenvalue weighted by molar-refractivity contribution is 7.13. The molecule has 2 heterocycles. The van der Waals surface area contributed by atoms with Crippen LogP contribution >= 0.6 is 11.3 Å². The predicted octanol–water partition coefficient (Wildman–Crippen LogP) is 3.39. The van der Waals surface area contributed by atoms with Crippen molar-refractivity contribution >= 4 is 28.8 Å². The molecule has 23 heavy (non-hydrogen) atoms. The molecule has 0 radical (unpaired) electrons. The maximum absolute atomic E-state index is 12.6. The molecule has 6 heteroatoms. The van der Waals surface area contributed by atoms with Gasteiger partial charge in [0.2, 0.25) is 5.91 Å². The van der Waals surface area contributed by atoms with Gasteiger partial charge in [-0.15, -0.1) is 11.3 Å². The van der Waals surface area contributed by atoms with Crippen molar-refractivity contribution in [2.75, 3.05) is 5.32 Å². The number of aromatic nitrogens is 1. The molecule has 1 aromatic heterocycles. The van der Waals surface area contributed by atoms with Crippen molar-refractivity contribution in [1.29, 1.82) is 0 Å². The van der Waals surface area contributed by atoms with E-state index < -0.39 is 0 Å². The molecular formula is C17H19N3O2S. The number of fused-ring (bicyclic) bond motifs is 1. The Labute approximate surface area is 139 Å². The van der Waals surface area contributed by atoms with Gasteiger partial charge in [0.05, 0.1) is 23.2 Å². The minimum Gasteiger partial charge on any atom is -0.344 e. The fourth-order valence-electron chi connectivity index (χ4n) is 2.64. The van der Waals surface area contributed by atoms with Gasteiger partial charge in [0.1, 0.15) is 4.88 Å². The van der Waals surface area contributed by atoms with Crippen molar-refractivity contribution in [3.63, 3.8) is 0 Å². The molecule has 2 aromatic rings. The zero-order valence-corrected chi connectivity index (χ0v) is 14.2. The first-order chi connectivity index (χ1) is 11.0. The van der Waals surface area contributed by atoms with Crippen LogP contribution in [-0.4, -0.2) is 16.8 Å². The van der Waals surface area contributed by atoms with E-state index in [2.05, 4.69) is 29.5 Å². The molecule has 0 unspecified atom stereocenters. The number of carbonyl (C=O) groups is 2. The molecule has 0 spiro atoms. The maximum atomic E-state index is 12.6. The van der Waals surface area contributed by atoms with Gasteiger partial charge in [-0.05, 0) is 18.6 Å². The number of nitrogens with zero attached hydrogens (tertiary/aromatic N) is 1. The summed E-state index contributed by atoms with van der Waals surface area (Å²) in [5.74, 6) is 0.0423. The van der Waals surface area contributed by atoms with Gasteiger partial charge >= 0.3 is 0 Å². The number of carbonyl (C=O) groups excluding carboxylic acids is 2. The number of aryl methyl sites for hydroxylation is 1. The third kappa shape index (κ3) is 3.12. The Kier molecular flexibility index (Phi) is 4.17. The molecule has 3 rings (SSSR count). The van der Waals surface area contributed by atoms with Gasteiger partial charge in [0.25, 0.3) is 5.91 Å². The lowest BCUT2D eigenvalue weighted by molar-refractivity contribution is -0.116. The van der Waals surface area contributed by atoms with Crippen LogP contribution in [0.5, 0.6) is 0 Å². The van der Waals surface area contributed by atoms with Crippen LogP contribution in [-0.2, 0) is 4.79 Å². The molecule has 0 fully saturated rings. The summed E-state index contributed by atoms with van der Waals surface area (Å²) in [6.45, 7) is 5.96. The molecule has 0 bridgehead atoms. The summed E-state index contributed by atoms with van der Waals surface area (Å²) in [7, 11) is 0. The summed E-state index contributed by atoms with van der Waals surface area (Å²) < 4.78 is 0. The van der Waals surface area contributed by atoms with Gasteiger partial charge in [-0.1, -0.05) is 32.0 Å². The molecule has 0 aliphatic carbocycles. The fraction of sp³-hybridized carbons (Fsp3) is 0.353. The average molecular weight is 329 g/mol. The van der Waals surface area contributed by atoms with Gasteiger partial charge in [0, 0.05) is 11.6 Å². The number of rotatable bonds is 3. The van der Waals surface area contributed by atoms with E-state index in [0.717, 1.165) is 22.0 Å². The molecule has 5 nitrogen and oxygen atoms in total. The molecule has 1 atom stereocenters. The van der Waals surface area contributed by atoms with Crippen LogP contribution in [0.3, 0.4) is 0 Å². The Morgan fingerprint density at radius 2 is 2.13 bits per heavy atom. The smallest absolute Gasteiger partial charge is 0.263 e. The minimum absolute atomic E-state index is 0.0853.